The molecule has 0 bridgehead atoms. The Balaban J connectivity index is 2.32. The van der Waals surface area contributed by atoms with Gasteiger partial charge in [0.1, 0.15) is 6.07 Å². The van der Waals surface area contributed by atoms with Gasteiger partial charge in [0, 0.05) is 0 Å². The molecule has 2 aromatic rings. The van der Waals surface area contributed by atoms with Gasteiger partial charge in [-0.25, -0.2) is 14.2 Å². The molecule has 0 aromatic carbocycles. The third kappa shape index (κ3) is 5.88. The Morgan fingerprint density at radius 2 is 2.03 bits per heavy atom. The molecule has 2 aromatic heterocycles. The highest BCUT2D eigenvalue weighted by Crippen LogP contribution is 2.32. The van der Waals surface area contributed by atoms with Crippen LogP contribution >= 0.6 is 0 Å². The van der Waals surface area contributed by atoms with Crippen LogP contribution in [0.25, 0.3) is 0 Å². The van der Waals surface area contributed by atoms with Gasteiger partial charge in [-0.2, -0.15) is 23.5 Å². The number of halogens is 4. The molecular formula is C19H17F4N5O4. The number of carbonyl (C=O) groups is 2. The highest BCUT2D eigenvalue weighted by atomic mass is 19.4. The van der Waals surface area contributed by atoms with Crippen molar-refractivity contribution in [2.24, 2.45) is 0 Å². The van der Waals surface area contributed by atoms with Crippen molar-refractivity contribution in [1.29, 1.82) is 5.26 Å². The Morgan fingerprint density at radius 3 is 2.56 bits per heavy atom. The average Bonchev–Trinajstić information content (AvgIpc) is 3.14. The zero-order chi connectivity index (χ0) is 24.1. The van der Waals surface area contributed by atoms with E-state index in [0.29, 0.717) is 6.07 Å². The maximum absolute atomic E-state index is 13.3. The number of aromatic nitrogens is 3. The first-order valence-corrected chi connectivity index (χ1v) is 8.76. The number of amides is 1. The lowest BCUT2D eigenvalue weighted by atomic mass is 10.0. The highest BCUT2D eigenvalue weighted by molar-refractivity contribution is 5.97. The molecule has 2 rings (SSSR count). The molecule has 1 atom stereocenters. The number of hydrogen-bond acceptors (Lipinski definition) is 7. The van der Waals surface area contributed by atoms with Gasteiger partial charge in [-0.15, -0.1) is 0 Å². The minimum absolute atomic E-state index is 0.141. The number of methoxy groups -OCH3 is 1. The van der Waals surface area contributed by atoms with E-state index in [9.17, 15) is 27.2 Å². The van der Waals surface area contributed by atoms with Gasteiger partial charge in [-0.05, 0) is 13.0 Å². The number of anilines is 1. The number of nitrogens with zero attached hydrogens (tertiary/aromatic N) is 4. The Morgan fingerprint density at radius 1 is 1.34 bits per heavy atom. The largest absolute Gasteiger partial charge is 0.466 e. The number of ether oxygens (including phenoxy) is 2. The fourth-order valence-electron chi connectivity index (χ4n) is 2.47. The van der Waals surface area contributed by atoms with Crippen LogP contribution in [0.15, 0.2) is 36.8 Å². The number of rotatable bonds is 8. The molecule has 0 saturated heterocycles. The molecule has 32 heavy (non-hydrogen) atoms. The quantitative estimate of drug-likeness (QED) is 0.369. The Bertz CT molecular complexity index is 1080. The summed E-state index contributed by atoms with van der Waals surface area (Å²) in [6.45, 7) is 3.88. The zero-order valence-corrected chi connectivity index (χ0v) is 16.9. The zero-order valence-electron chi connectivity index (χ0n) is 16.9. The molecule has 0 unspecified atom stereocenters. The number of hydrogen-bond donors (Lipinski definition) is 1. The number of esters is 1. The van der Waals surface area contributed by atoms with E-state index in [1.54, 1.807) is 0 Å². The first-order valence-electron chi connectivity index (χ1n) is 8.76. The number of carbonyl (C=O) groups excluding carboxylic acids is 2. The summed E-state index contributed by atoms with van der Waals surface area (Å²) in [7, 11) is 1.11. The summed E-state index contributed by atoms with van der Waals surface area (Å²) in [5, 5.41) is 14.8. The van der Waals surface area contributed by atoms with E-state index in [1.165, 1.54) is 13.0 Å². The fraction of sp³-hybridized carbons (Fsp3) is 0.316. The van der Waals surface area contributed by atoms with Gasteiger partial charge in [0.15, 0.2) is 17.1 Å². The predicted octanol–water partition coefficient (Wildman–Crippen LogP) is 2.45. The average molecular weight is 455 g/mol. The topological polar surface area (TPSA) is 119 Å². The molecule has 1 amide bonds. The molecule has 0 aliphatic heterocycles. The van der Waals surface area contributed by atoms with Crippen LogP contribution in [0, 0.1) is 17.1 Å². The third-order valence-corrected chi connectivity index (χ3v) is 4.14. The lowest BCUT2D eigenvalue weighted by molar-refractivity contribution is -0.144. The Kier molecular flexibility index (Phi) is 7.32. The summed E-state index contributed by atoms with van der Waals surface area (Å²) in [5.41, 5.74) is -4.56. The Labute approximate surface area is 179 Å². The van der Waals surface area contributed by atoms with Crippen molar-refractivity contribution in [2.45, 2.75) is 25.2 Å². The van der Waals surface area contributed by atoms with E-state index < -0.39 is 47.3 Å². The van der Waals surface area contributed by atoms with Crippen LogP contribution in [-0.4, -0.2) is 46.0 Å². The van der Waals surface area contributed by atoms with Crippen molar-refractivity contribution in [3.63, 3.8) is 0 Å². The molecule has 0 fully saturated rings. The third-order valence-electron chi connectivity index (χ3n) is 4.14. The SMILES string of the molecule is C=C(CO[C@@](C)(Cn1cc(F)cn1)C(=O)Nc1cnc(C#N)c(C(F)(F)F)c1)C(=O)OC. The summed E-state index contributed by atoms with van der Waals surface area (Å²) in [6, 6.07) is 1.87. The van der Waals surface area contributed by atoms with Crippen molar-refractivity contribution in [3.05, 3.63) is 53.9 Å². The van der Waals surface area contributed by atoms with Crippen LogP contribution in [0.4, 0.5) is 23.2 Å². The van der Waals surface area contributed by atoms with Gasteiger partial charge in [0.05, 0.1) is 55.7 Å². The minimum atomic E-state index is -4.89. The first-order chi connectivity index (χ1) is 14.9. The monoisotopic (exact) mass is 455 g/mol. The van der Waals surface area contributed by atoms with E-state index in [0.717, 1.165) is 30.4 Å². The number of alkyl halides is 3. The lowest BCUT2D eigenvalue weighted by Gasteiger charge is -2.29. The highest BCUT2D eigenvalue weighted by Gasteiger charge is 2.38. The normalized spacial score (nSPS) is 13.0. The predicted molar refractivity (Wildman–Crippen MR) is 100 cm³/mol. The van der Waals surface area contributed by atoms with Gasteiger partial charge in [-0.1, -0.05) is 6.58 Å². The Hall–Kier alpha value is -3.79. The number of nitrogens with one attached hydrogen (secondary N) is 1. The number of pyridine rings is 1. The van der Waals surface area contributed by atoms with Crippen molar-refractivity contribution in [3.8, 4) is 6.07 Å². The first kappa shape index (κ1) is 24.5. The lowest BCUT2D eigenvalue weighted by Crippen LogP contribution is -2.47. The van der Waals surface area contributed by atoms with E-state index in [2.05, 4.69) is 26.7 Å². The van der Waals surface area contributed by atoms with Crippen molar-refractivity contribution in [1.82, 2.24) is 14.8 Å². The molecule has 170 valence electrons. The second-order valence-electron chi connectivity index (χ2n) is 6.65. The molecule has 0 spiro atoms. The fourth-order valence-corrected chi connectivity index (χ4v) is 2.47. The van der Waals surface area contributed by atoms with Gasteiger partial charge >= 0.3 is 12.1 Å². The van der Waals surface area contributed by atoms with E-state index in [-0.39, 0.29) is 17.8 Å². The van der Waals surface area contributed by atoms with Crippen LogP contribution < -0.4 is 5.32 Å². The molecule has 1 N–H and O–H groups in total. The maximum atomic E-state index is 13.3. The smallest absolute Gasteiger partial charge is 0.419 e. The molecule has 0 aliphatic carbocycles. The van der Waals surface area contributed by atoms with E-state index in [4.69, 9.17) is 10.00 Å². The summed E-state index contributed by atoms with van der Waals surface area (Å²) < 4.78 is 63.8. The van der Waals surface area contributed by atoms with Crippen molar-refractivity contribution in [2.75, 3.05) is 19.0 Å². The van der Waals surface area contributed by atoms with Gasteiger partial charge in [0.2, 0.25) is 0 Å². The summed E-state index contributed by atoms with van der Waals surface area (Å²) >= 11 is 0. The molecule has 9 nitrogen and oxygen atoms in total. The number of nitriles is 1. The van der Waals surface area contributed by atoms with Crippen LogP contribution in [-0.2, 0) is 31.8 Å². The molecule has 2 heterocycles. The molecule has 0 aliphatic rings. The molecule has 0 radical (unpaired) electrons. The van der Waals surface area contributed by atoms with Gasteiger partial charge in [-0.3, -0.25) is 9.48 Å². The van der Waals surface area contributed by atoms with Crippen LogP contribution in [0.5, 0.6) is 0 Å². The van der Waals surface area contributed by atoms with Gasteiger partial charge < -0.3 is 14.8 Å². The van der Waals surface area contributed by atoms with E-state index >= 15 is 0 Å². The summed E-state index contributed by atoms with van der Waals surface area (Å²) in [4.78, 5) is 27.9. The van der Waals surface area contributed by atoms with Crippen LogP contribution in [0.1, 0.15) is 18.2 Å². The second kappa shape index (κ2) is 9.56. The molecule has 0 saturated carbocycles. The van der Waals surface area contributed by atoms with E-state index in [1.807, 2.05) is 0 Å². The maximum Gasteiger partial charge on any atom is 0.419 e. The van der Waals surface area contributed by atoms with Gasteiger partial charge in [0.25, 0.3) is 5.91 Å². The molecule has 13 heteroatoms. The molecular weight excluding hydrogens is 438 g/mol. The summed E-state index contributed by atoms with van der Waals surface area (Å²) in [6.07, 6.45) is -2.17. The standard InChI is InChI=1S/C19H17F4N5O4/c1-11(16(29)31-3)9-32-18(2,10-28-8-12(20)6-26-28)17(30)27-13-4-14(19(21,22)23)15(5-24)25-7-13/h4,6-8H,1,9-10H2,2-3H3,(H,27,30)/t18-/m0/s1. The van der Waals surface area contributed by atoms with Crippen LogP contribution in [0.2, 0.25) is 0 Å². The van der Waals surface area contributed by atoms with Crippen molar-refractivity contribution >= 4 is 17.6 Å². The summed E-state index contributed by atoms with van der Waals surface area (Å²) in [5.74, 6) is -2.45. The minimum Gasteiger partial charge on any atom is -0.466 e. The van der Waals surface area contributed by atoms with Crippen molar-refractivity contribution < 1.29 is 36.6 Å². The second-order valence-corrected chi connectivity index (χ2v) is 6.65. The van der Waals surface area contributed by atoms with Crippen LogP contribution in [0.3, 0.4) is 0 Å².